The van der Waals surface area contributed by atoms with Crippen LogP contribution in [0.3, 0.4) is 0 Å². The number of benzene rings is 1. The smallest absolute Gasteiger partial charge is 0.416 e. The van der Waals surface area contributed by atoms with Gasteiger partial charge in [0.15, 0.2) is 11.8 Å². The number of alkyl halides is 6. The van der Waals surface area contributed by atoms with Crippen LogP contribution < -0.4 is 4.74 Å². The molecular weight excluding hydrogens is 526 g/mol. The van der Waals surface area contributed by atoms with Gasteiger partial charge < -0.3 is 9.47 Å². The highest BCUT2D eigenvalue weighted by Crippen LogP contribution is 2.42. The quantitative estimate of drug-likeness (QED) is 0.311. The second kappa shape index (κ2) is 11.0. The highest BCUT2D eigenvalue weighted by atomic mass is 19.4. The predicted molar refractivity (Wildman–Crippen MR) is 122 cm³/mol. The van der Waals surface area contributed by atoms with Crippen LogP contribution in [0.1, 0.15) is 19.4 Å². The average molecular weight is 544 g/mol. The van der Waals surface area contributed by atoms with Crippen LogP contribution in [0.2, 0.25) is 0 Å². The molecule has 6 nitrogen and oxygen atoms in total. The molecule has 0 saturated carbocycles. The molecule has 2 aliphatic rings. The van der Waals surface area contributed by atoms with Crippen molar-refractivity contribution in [2.24, 2.45) is 17.8 Å². The number of hydrogen-bond acceptors (Lipinski definition) is 6. The summed E-state index contributed by atoms with van der Waals surface area (Å²) in [5.74, 6) is -5.01. The number of allylic oxidation sites excluding steroid dienone is 5. The number of hydrogen-bond donors (Lipinski definition) is 0. The molecule has 5 unspecified atom stereocenters. The molecule has 0 amide bonds. The SMILES string of the molecule is CC1C(OC2=CC(=C(C#N)C#N)C(Oc3ccc(C(F)(F)F)cc3)=CC2C(C#N)C#N)=CC(C)(F)C(F)C1F. The standard InChI is InChI=1S/C27H18F6N4O2/c1-14-23(9-26(2,30)25(29)24(14)28)39-22-8-19(15(10-34)11-35)21(7-20(22)16(12-36)13-37)38-18-5-3-17(4-6-18)27(31,32)33/h3-9,14,16,20,24-25H,1-2H3. The number of halogens is 6. The Hall–Kier alpha value is -4.68. The monoisotopic (exact) mass is 544 g/mol. The molecule has 1 aromatic carbocycles. The van der Waals surface area contributed by atoms with Crippen LogP contribution in [0.15, 0.2) is 70.9 Å². The van der Waals surface area contributed by atoms with Crippen molar-refractivity contribution in [3.05, 3.63) is 76.5 Å². The number of rotatable bonds is 5. The minimum Gasteiger partial charge on any atom is -0.465 e. The summed E-state index contributed by atoms with van der Waals surface area (Å²) in [4.78, 5) is 0. The van der Waals surface area contributed by atoms with Gasteiger partial charge in [0.05, 0.1) is 23.6 Å². The second-order valence-corrected chi connectivity index (χ2v) is 8.91. The lowest BCUT2D eigenvalue weighted by molar-refractivity contribution is -0.137. The molecule has 0 radical (unpaired) electrons. The molecule has 2 aliphatic carbocycles. The van der Waals surface area contributed by atoms with Crippen molar-refractivity contribution in [1.82, 2.24) is 0 Å². The van der Waals surface area contributed by atoms with E-state index in [9.17, 15) is 47.4 Å². The molecule has 0 spiro atoms. The Morgan fingerprint density at radius 3 is 2.08 bits per heavy atom. The van der Waals surface area contributed by atoms with Gasteiger partial charge in [-0.25, -0.2) is 13.2 Å². The normalized spacial score (nSPS) is 26.6. The lowest BCUT2D eigenvalue weighted by atomic mass is 9.83. The van der Waals surface area contributed by atoms with Gasteiger partial charge in [-0.05, 0) is 49.4 Å². The lowest BCUT2D eigenvalue weighted by Gasteiger charge is -2.36. The first-order valence-electron chi connectivity index (χ1n) is 11.3. The number of nitrogens with zero attached hydrogens (tertiary/aromatic N) is 4. The zero-order valence-electron chi connectivity index (χ0n) is 20.3. The van der Waals surface area contributed by atoms with Gasteiger partial charge in [0.1, 0.15) is 52.8 Å². The Balaban J connectivity index is 2.12. The number of ether oxygens (including phenoxy) is 2. The van der Waals surface area contributed by atoms with Crippen molar-refractivity contribution in [2.75, 3.05) is 0 Å². The topological polar surface area (TPSA) is 114 Å². The van der Waals surface area contributed by atoms with E-state index in [2.05, 4.69) is 0 Å². The molecule has 1 aromatic rings. The Morgan fingerprint density at radius 1 is 0.974 bits per heavy atom. The molecule has 0 heterocycles. The summed E-state index contributed by atoms with van der Waals surface area (Å²) in [6.45, 7) is 2.05. The van der Waals surface area contributed by atoms with Crippen molar-refractivity contribution < 1.29 is 35.8 Å². The largest absolute Gasteiger partial charge is 0.465 e. The van der Waals surface area contributed by atoms with E-state index in [1.807, 2.05) is 0 Å². The fraction of sp³-hybridized carbons (Fsp3) is 0.333. The first kappa shape index (κ1) is 28.9. The molecule has 5 atom stereocenters. The Bertz CT molecular complexity index is 1400. The highest BCUT2D eigenvalue weighted by Gasteiger charge is 2.48. The molecule has 200 valence electrons. The van der Waals surface area contributed by atoms with Gasteiger partial charge in [0.2, 0.25) is 0 Å². The maximum Gasteiger partial charge on any atom is 0.416 e. The van der Waals surface area contributed by atoms with E-state index in [0.29, 0.717) is 0 Å². The van der Waals surface area contributed by atoms with Crippen LogP contribution in [0.5, 0.6) is 5.75 Å². The fourth-order valence-electron chi connectivity index (χ4n) is 3.93. The van der Waals surface area contributed by atoms with Crippen molar-refractivity contribution in [2.45, 2.75) is 38.0 Å². The van der Waals surface area contributed by atoms with Crippen molar-refractivity contribution >= 4 is 0 Å². The molecule has 0 aromatic heterocycles. The Kier molecular flexibility index (Phi) is 8.13. The van der Waals surface area contributed by atoms with Crippen LogP contribution in [0.25, 0.3) is 0 Å². The van der Waals surface area contributed by atoms with E-state index in [1.54, 1.807) is 24.3 Å². The maximum absolute atomic E-state index is 14.7. The van der Waals surface area contributed by atoms with E-state index < -0.39 is 53.1 Å². The Morgan fingerprint density at radius 2 is 1.56 bits per heavy atom. The van der Waals surface area contributed by atoms with Crippen LogP contribution in [-0.2, 0) is 10.9 Å². The van der Waals surface area contributed by atoms with Crippen LogP contribution >= 0.6 is 0 Å². The molecule has 0 bridgehead atoms. The summed E-state index contributed by atoms with van der Waals surface area (Å²) in [7, 11) is 0. The molecule has 12 heteroatoms. The highest BCUT2D eigenvalue weighted by molar-refractivity contribution is 5.57. The minimum atomic E-state index is -4.61. The third kappa shape index (κ3) is 5.92. The van der Waals surface area contributed by atoms with Gasteiger partial charge in [0, 0.05) is 11.5 Å². The van der Waals surface area contributed by atoms with Gasteiger partial charge >= 0.3 is 6.18 Å². The van der Waals surface area contributed by atoms with Gasteiger partial charge in [0.25, 0.3) is 0 Å². The predicted octanol–water partition coefficient (Wildman–Crippen LogP) is 6.44. The van der Waals surface area contributed by atoms with Crippen LogP contribution in [0.4, 0.5) is 26.3 Å². The van der Waals surface area contributed by atoms with E-state index in [-0.39, 0.29) is 28.6 Å². The summed E-state index contributed by atoms with van der Waals surface area (Å²) < 4.78 is 93.5. The molecule has 3 rings (SSSR count). The van der Waals surface area contributed by atoms with Crippen molar-refractivity contribution in [1.29, 1.82) is 21.0 Å². The van der Waals surface area contributed by atoms with E-state index in [0.717, 1.165) is 49.4 Å². The van der Waals surface area contributed by atoms with E-state index in [4.69, 9.17) is 9.47 Å². The van der Waals surface area contributed by atoms with Crippen molar-refractivity contribution in [3.8, 4) is 30.0 Å². The summed E-state index contributed by atoms with van der Waals surface area (Å²) in [6.07, 6.45) is -6.45. The molecule has 0 N–H and O–H groups in total. The van der Waals surface area contributed by atoms with Crippen LogP contribution in [-0.4, -0.2) is 18.0 Å². The second-order valence-electron chi connectivity index (χ2n) is 8.91. The fourth-order valence-corrected chi connectivity index (χ4v) is 3.93. The third-order valence-electron chi connectivity index (χ3n) is 6.16. The third-order valence-corrected chi connectivity index (χ3v) is 6.16. The molecule has 0 saturated heterocycles. The first-order valence-corrected chi connectivity index (χ1v) is 11.3. The maximum atomic E-state index is 14.7. The van der Waals surface area contributed by atoms with E-state index in [1.165, 1.54) is 6.92 Å². The van der Waals surface area contributed by atoms with Gasteiger partial charge in [-0.2, -0.15) is 34.2 Å². The number of nitriles is 4. The molecule has 0 aliphatic heterocycles. The average Bonchev–Trinajstić information content (AvgIpc) is 2.89. The van der Waals surface area contributed by atoms with Crippen LogP contribution in [0, 0.1) is 63.1 Å². The molecule has 0 fully saturated rings. The van der Waals surface area contributed by atoms with Gasteiger partial charge in [-0.1, -0.05) is 6.92 Å². The zero-order chi connectivity index (χ0) is 29.1. The van der Waals surface area contributed by atoms with E-state index >= 15 is 0 Å². The first-order chi connectivity index (χ1) is 18.3. The summed E-state index contributed by atoms with van der Waals surface area (Å²) in [5, 5.41) is 38.0. The molecular formula is C27H18F6N4O2. The zero-order valence-corrected chi connectivity index (χ0v) is 20.3. The minimum absolute atomic E-state index is 0.130. The lowest BCUT2D eigenvalue weighted by Crippen LogP contribution is -2.45. The summed E-state index contributed by atoms with van der Waals surface area (Å²) in [5.41, 5.74) is -4.47. The summed E-state index contributed by atoms with van der Waals surface area (Å²) in [6, 6.07) is 10.2. The molecule has 39 heavy (non-hydrogen) atoms. The Labute approximate surface area is 219 Å². The van der Waals surface area contributed by atoms with Crippen molar-refractivity contribution in [3.63, 3.8) is 0 Å². The summed E-state index contributed by atoms with van der Waals surface area (Å²) >= 11 is 0. The van der Waals surface area contributed by atoms with Gasteiger partial charge in [-0.3, -0.25) is 0 Å². The van der Waals surface area contributed by atoms with Gasteiger partial charge in [-0.15, -0.1) is 0 Å².